The minimum atomic E-state index is -1.01. The lowest BCUT2D eigenvalue weighted by molar-refractivity contribution is -0.128. The Morgan fingerprint density at radius 1 is 1.50 bits per heavy atom. The van der Waals surface area contributed by atoms with Gasteiger partial charge in [0, 0.05) is 43.2 Å². The van der Waals surface area contributed by atoms with Crippen molar-refractivity contribution in [2.24, 2.45) is 0 Å². The van der Waals surface area contributed by atoms with E-state index < -0.39 is 5.97 Å². The second-order valence-corrected chi connectivity index (χ2v) is 8.61. The molecule has 7 nitrogen and oxygen atoms in total. The molecule has 2 aromatic rings. The van der Waals surface area contributed by atoms with E-state index in [4.69, 9.17) is 9.84 Å². The third-order valence-corrected chi connectivity index (χ3v) is 6.56. The number of thiazole rings is 1. The molecule has 3 rings (SSSR count). The number of nitrogens with one attached hydrogen (secondary N) is 1. The lowest BCUT2D eigenvalue weighted by Gasteiger charge is -2.25. The van der Waals surface area contributed by atoms with Gasteiger partial charge in [-0.05, 0) is 24.1 Å². The highest BCUT2D eigenvalue weighted by atomic mass is 32.2. The number of carboxylic acids is 1. The number of ether oxygens (including phenoxy) is 1. The Kier molecular flexibility index (Phi) is 7.30. The molecule has 2 heterocycles. The number of hydrogen-bond donors (Lipinski definition) is 2. The van der Waals surface area contributed by atoms with Crippen LogP contribution in [0.1, 0.15) is 28.9 Å². The van der Waals surface area contributed by atoms with E-state index in [0.717, 1.165) is 35.2 Å². The van der Waals surface area contributed by atoms with Gasteiger partial charge in [-0.1, -0.05) is 23.9 Å². The van der Waals surface area contributed by atoms with Crippen LogP contribution >= 0.6 is 23.1 Å². The molecule has 0 aliphatic carbocycles. The monoisotopic (exact) mass is 421 g/mol. The highest BCUT2D eigenvalue weighted by molar-refractivity contribution is 8.01. The average Bonchev–Trinajstić information content (AvgIpc) is 3.30. The topological polar surface area (TPSA) is 91.8 Å². The van der Waals surface area contributed by atoms with E-state index in [1.165, 1.54) is 28.5 Å². The maximum Gasteiger partial charge on any atom is 0.355 e. The summed E-state index contributed by atoms with van der Waals surface area (Å²) >= 11 is 2.81. The van der Waals surface area contributed by atoms with Crippen LogP contribution < -0.4 is 10.1 Å². The van der Waals surface area contributed by atoms with Crippen LogP contribution in [0.15, 0.2) is 34.0 Å². The Morgan fingerprint density at radius 2 is 2.36 bits per heavy atom. The normalized spacial score (nSPS) is 16.5. The number of benzene rings is 1. The smallest absolute Gasteiger partial charge is 0.355 e. The first kappa shape index (κ1) is 20.6. The molecule has 0 radical (unpaired) electrons. The number of aromatic carboxylic acids is 1. The van der Waals surface area contributed by atoms with Crippen molar-refractivity contribution in [3.8, 4) is 5.75 Å². The van der Waals surface area contributed by atoms with E-state index in [0.29, 0.717) is 18.7 Å². The number of aromatic nitrogens is 1. The zero-order chi connectivity index (χ0) is 19.9. The number of rotatable bonds is 10. The van der Waals surface area contributed by atoms with Crippen LogP contribution in [-0.4, -0.2) is 58.9 Å². The Bertz CT molecular complexity index is 827. The van der Waals surface area contributed by atoms with Gasteiger partial charge < -0.3 is 20.1 Å². The summed E-state index contributed by atoms with van der Waals surface area (Å²) in [6, 6.07) is 8.11. The summed E-state index contributed by atoms with van der Waals surface area (Å²) in [5, 5.41) is 13.9. The van der Waals surface area contributed by atoms with Gasteiger partial charge in [0.15, 0.2) is 10.0 Å². The lowest BCUT2D eigenvalue weighted by atomic mass is 10.2. The number of likely N-dealkylation sites (tertiary alicyclic amines) is 1. The highest BCUT2D eigenvalue weighted by Crippen LogP contribution is 2.25. The third kappa shape index (κ3) is 5.46. The van der Waals surface area contributed by atoms with E-state index in [2.05, 4.69) is 10.3 Å². The first-order valence-electron chi connectivity index (χ1n) is 9.01. The van der Waals surface area contributed by atoms with Crippen LogP contribution in [-0.2, 0) is 11.3 Å². The summed E-state index contributed by atoms with van der Waals surface area (Å²) in [5.41, 5.74) is 1.22. The molecule has 1 aliphatic rings. The Hall–Kier alpha value is -2.10. The summed E-state index contributed by atoms with van der Waals surface area (Å²) in [4.78, 5) is 29.1. The van der Waals surface area contributed by atoms with Gasteiger partial charge in [0.25, 0.3) is 0 Å². The first-order chi connectivity index (χ1) is 13.6. The first-order valence-corrected chi connectivity index (χ1v) is 10.9. The van der Waals surface area contributed by atoms with Crippen molar-refractivity contribution in [1.29, 1.82) is 0 Å². The van der Waals surface area contributed by atoms with Crippen LogP contribution in [0.3, 0.4) is 0 Å². The summed E-state index contributed by atoms with van der Waals surface area (Å²) in [7, 11) is 1.65. The van der Waals surface area contributed by atoms with Crippen molar-refractivity contribution in [1.82, 2.24) is 15.2 Å². The molecule has 9 heteroatoms. The summed E-state index contributed by atoms with van der Waals surface area (Å²) in [6.07, 6.45) is 1.44. The van der Waals surface area contributed by atoms with Gasteiger partial charge in [0.1, 0.15) is 5.75 Å². The van der Waals surface area contributed by atoms with Crippen molar-refractivity contribution in [3.63, 3.8) is 0 Å². The van der Waals surface area contributed by atoms with Crippen molar-refractivity contribution in [2.45, 2.75) is 29.8 Å². The molecule has 0 bridgehead atoms. The molecule has 1 amide bonds. The number of carboxylic acid groups (broad SMARTS) is 1. The Labute approximate surface area is 172 Å². The van der Waals surface area contributed by atoms with Crippen LogP contribution in [0.4, 0.5) is 0 Å². The predicted molar refractivity (Wildman–Crippen MR) is 109 cm³/mol. The second-order valence-electron chi connectivity index (χ2n) is 6.41. The number of methoxy groups -OCH3 is 1. The SMILES string of the molecule is COc1cccc(CNC[C@H]2CCC(=O)N2CCSc2nc(C(=O)O)cs2)c1. The van der Waals surface area contributed by atoms with Gasteiger partial charge in [-0.2, -0.15) is 0 Å². The number of carbonyl (C=O) groups is 2. The van der Waals surface area contributed by atoms with E-state index in [1.54, 1.807) is 7.11 Å². The Morgan fingerprint density at radius 3 is 3.11 bits per heavy atom. The van der Waals surface area contributed by atoms with E-state index >= 15 is 0 Å². The zero-order valence-corrected chi connectivity index (χ0v) is 17.2. The lowest BCUT2D eigenvalue weighted by Crippen LogP contribution is -2.41. The molecular weight excluding hydrogens is 398 g/mol. The number of amides is 1. The summed E-state index contributed by atoms with van der Waals surface area (Å²) < 4.78 is 5.96. The molecule has 0 unspecified atom stereocenters. The largest absolute Gasteiger partial charge is 0.497 e. The van der Waals surface area contributed by atoms with Gasteiger partial charge >= 0.3 is 5.97 Å². The van der Waals surface area contributed by atoms with Crippen molar-refractivity contribution in [2.75, 3.05) is 26.0 Å². The number of hydrogen-bond acceptors (Lipinski definition) is 7. The van der Waals surface area contributed by atoms with E-state index in [1.807, 2.05) is 29.2 Å². The van der Waals surface area contributed by atoms with Gasteiger partial charge in [0.2, 0.25) is 5.91 Å². The molecule has 1 atom stereocenters. The number of nitrogens with zero attached hydrogens (tertiary/aromatic N) is 2. The van der Waals surface area contributed by atoms with Gasteiger partial charge in [-0.3, -0.25) is 4.79 Å². The minimum absolute atomic E-state index is 0.0735. The van der Waals surface area contributed by atoms with Gasteiger partial charge in [-0.15, -0.1) is 11.3 Å². The molecule has 1 saturated heterocycles. The fraction of sp³-hybridized carbons (Fsp3) is 0.421. The van der Waals surface area contributed by atoms with Crippen molar-refractivity contribution >= 4 is 35.0 Å². The predicted octanol–water partition coefficient (Wildman–Crippen LogP) is 2.72. The molecule has 1 aromatic carbocycles. The fourth-order valence-corrected chi connectivity index (χ4v) is 4.94. The fourth-order valence-electron chi connectivity index (χ4n) is 3.13. The van der Waals surface area contributed by atoms with Crippen LogP contribution in [0.25, 0.3) is 0 Å². The number of thioether (sulfide) groups is 1. The Balaban J connectivity index is 1.45. The molecule has 0 spiro atoms. The second kappa shape index (κ2) is 9.90. The van der Waals surface area contributed by atoms with Crippen molar-refractivity contribution < 1.29 is 19.4 Å². The van der Waals surface area contributed by atoms with Gasteiger partial charge in [-0.25, -0.2) is 9.78 Å². The molecule has 2 N–H and O–H groups in total. The van der Waals surface area contributed by atoms with Crippen LogP contribution in [0.5, 0.6) is 5.75 Å². The molecule has 150 valence electrons. The molecule has 1 fully saturated rings. The van der Waals surface area contributed by atoms with E-state index in [-0.39, 0.29) is 17.6 Å². The molecular formula is C19H23N3O4S2. The van der Waals surface area contributed by atoms with Crippen LogP contribution in [0.2, 0.25) is 0 Å². The van der Waals surface area contributed by atoms with Gasteiger partial charge in [0.05, 0.1) is 7.11 Å². The summed E-state index contributed by atoms with van der Waals surface area (Å²) in [5.74, 6) is 0.700. The maximum absolute atomic E-state index is 12.2. The molecule has 1 aliphatic heterocycles. The van der Waals surface area contributed by atoms with E-state index in [9.17, 15) is 9.59 Å². The minimum Gasteiger partial charge on any atom is -0.497 e. The maximum atomic E-state index is 12.2. The highest BCUT2D eigenvalue weighted by Gasteiger charge is 2.30. The average molecular weight is 422 g/mol. The standard InChI is InChI=1S/C19H23N3O4S2/c1-26-15-4-2-3-13(9-15)10-20-11-14-5-6-17(23)22(14)7-8-27-19-21-16(12-28-19)18(24)25/h2-4,9,12,14,20H,5-8,10-11H2,1H3,(H,24,25)/t14-/m1/s1. The summed E-state index contributed by atoms with van der Waals surface area (Å²) in [6.45, 7) is 2.10. The molecule has 28 heavy (non-hydrogen) atoms. The number of carbonyl (C=O) groups excluding carboxylic acids is 1. The third-order valence-electron chi connectivity index (χ3n) is 4.56. The van der Waals surface area contributed by atoms with Crippen LogP contribution in [0, 0.1) is 0 Å². The zero-order valence-electron chi connectivity index (χ0n) is 15.6. The molecule has 0 saturated carbocycles. The quantitative estimate of drug-likeness (QED) is 0.570. The van der Waals surface area contributed by atoms with Crippen molar-refractivity contribution in [3.05, 3.63) is 40.9 Å². The molecule has 1 aromatic heterocycles.